The molecule has 0 aliphatic heterocycles. The number of esters is 1. The number of ether oxygens (including phenoxy) is 1. The third-order valence-corrected chi connectivity index (χ3v) is 3.47. The number of rotatable bonds is 3. The first kappa shape index (κ1) is 14.5. The molecule has 1 saturated carbocycles. The smallest absolute Gasteiger partial charge is 0.323 e. The monoisotopic (exact) mass is 241 g/mol. The Bertz CT molecular complexity index is 278. The molecule has 0 aromatic rings. The van der Waals surface area contributed by atoms with E-state index >= 15 is 0 Å². The highest BCUT2D eigenvalue weighted by Crippen LogP contribution is 2.37. The van der Waals surface area contributed by atoms with Gasteiger partial charge in [-0.1, -0.05) is 20.3 Å². The Morgan fingerprint density at radius 1 is 1.41 bits per heavy atom. The van der Waals surface area contributed by atoms with Crippen molar-refractivity contribution in [3.8, 4) is 0 Å². The molecule has 0 spiro atoms. The van der Waals surface area contributed by atoms with Crippen molar-refractivity contribution >= 4 is 5.97 Å². The fraction of sp³-hybridized carbons (Fsp3) is 0.929. The molecule has 2 atom stereocenters. The quantitative estimate of drug-likeness (QED) is 0.772. The van der Waals surface area contributed by atoms with Gasteiger partial charge in [-0.25, -0.2) is 0 Å². The molecule has 0 saturated heterocycles. The first-order chi connectivity index (χ1) is 7.62. The van der Waals surface area contributed by atoms with E-state index in [9.17, 15) is 4.79 Å². The average molecular weight is 241 g/mol. The van der Waals surface area contributed by atoms with Crippen molar-refractivity contribution in [2.45, 2.75) is 78.5 Å². The Kier molecular flexibility index (Phi) is 4.23. The van der Waals surface area contributed by atoms with Gasteiger partial charge < -0.3 is 10.1 Å². The summed E-state index contributed by atoms with van der Waals surface area (Å²) in [6.45, 7) is 12.1. The van der Waals surface area contributed by atoms with Crippen molar-refractivity contribution in [1.82, 2.24) is 5.32 Å². The van der Waals surface area contributed by atoms with Crippen LogP contribution >= 0.6 is 0 Å². The Morgan fingerprint density at radius 2 is 2.00 bits per heavy atom. The third-order valence-electron chi connectivity index (χ3n) is 3.47. The fourth-order valence-electron chi connectivity index (χ4n) is 2.40. The van der Waals surface area contributed by atoms with E-state index in [-0.39, 0.29) is 17.4 Å². The molecule has 0 radical (unpaired) electrons. The minimum absolute atomic E-state index is 0.153. The minimum Gasteiger partial charge on any atom is -0.459 e. The van der Waals surface area contributed by atoms with E-state index < -0.39 is 5.60 Å². The van der Waals surface area contributed by atoms with E-state index in [1.165, 1.54) is 12.8 Å². The highest BCUT2D eigenvalue weighted by molar-refractivity contribution is 5.75. The second-order valence-corrected chi connectivity index (χ2v) is 6.86. The second kappa shape index (κ2) is 4.97. The molecule has 1 aliphatic carbocycles. The van der Waals surface area contributed by atoms with Crippen molar-refractivity contribution in [1.29, 1.82) is 0 Å². The van der Waals surface area contributed by atoms with Crippen molar-refractivity contribution in [3.05, 3.63) is 0 Å². The van der Waals surface area contributed by atoms with Crippen LogP contribution in [0.1, 0.15) is 60.8 Å². The van der Waals surface area contributed by atoms with Gasteiger partial charge in [0.15, 0.2) is 0 Å². The maximum absolute atomic E-state index is 11.9. The number of nitrogens with one attached hydrogen (secondary N) is 1. The Labute approximate surface area is 105 Å². The standard InChI is InChI=1S/C14H27NO2/c1-10(12(16)17-13(2,3)4)15-11-8-7-9-14(11,5)6/h10-11,15H,7-9H2,1-6H3. The van der Waals surface area contributed by atoms with Gasteiger partial charge in [-0.15, -0.1) is 0 Å². The molecule has 0 heterocycles. The van der Waals surface area contributed by atoms with Crippen molar-refractivity contribution in [2.24, 2.45) is 5.41 Å². The molecule has 0 aromatic carbocycles. The van der Waals surface area contributed by atoms with Crippen LogP contribution in [0.15, 0.2) is 0 Å². The topological polar surface area (TPSA) is 38.3 Å². The van der Waals surface area contributed by atoms with E-state index in [1.807, 2.05) is 27.7 Å². The first-order valence-corrected chi connectivity index (χ1v) is 6.61. The van der Waals surface area contributed by atoms with Crippen LogP contribution in [0.5, 0.6) is 0 Å². The number of carbonyl (C=O) groups is 1. The van der Waals surface area contributed by atoms with Crippen molar-refractivity contribution in [2.75, 3.05) is 0 Å². The summed E-state index contributed by atoms with van der Waals surface area (Å²) in [5.41, 5.74) is -0.117. The molecule has 1 rings (SSSR count). The number of hydrogen-bond acceptors (Lipinski definition) is 3. The predicted molar refractivity (Wildman–Crippen MR) is 69.9 cm³/mol. The van der Waals surface area contributed by atoms with Gasteiger partial charge in [-0.05, 0) is 46.0 Å². The lowest BCUT2D eigenvalue weighted by atomic mass is 9.87. The first-order valence-electron chi connectivity index (χ1n) is 6.61. The van der Waals surface area contributed by atoms with E-state index in [1.54, 1.807) is 0 Å². The average Bonchev–Trinajstić information content (AvgIpc) is 2.43. The van der Waals surface area contributed by atoms with Crippen LogP contribution in [0.4, 0.5) is 0 Å². The van der Waals surface area contributed by atoms with Gasteiger partial charge in [0.25, 0.3) is 0 Å². The lowest BCUT2D eigenvalue weighted by Crippen LogP contribution is -2.47. The lowest BCUT2D eigenvalue weighted by Gasteiger charge is -2.31. The molecule has 3 nitrogen and oxygen atoms in total. The zero-order valence-electron chi connectivity index (χ0n) is 12.1. The lowest BCUT2D eigenvalue weighted by molar-refractivity contribution is -0.157. The summed E-state index contributed by atoms with van der Waals surface area (Å²) in [6.07, 6.45) is 3.62. The molecule has 0 bridgehead atoms. The number of hydrogen-bond donors (Lipinski definition) is 1. The SMILES string of the molecule is CC(NC1CCCC1(C)C)C(=O)OC(C)(C)C. The zero-order valence-corrected chi connectivity index (χ0v) is 12.1. The normalized spacial score (nSPS) is 25.6. The molecular formula is C14H27NO2. The Hall–Kier alpha value is -0.570. The maximum Gasteiger partial charge on any atom is 0.323 e. The van der Waals surface area contributed by atoms with Gasteiger partial charge in [-0.2, -0.15) is 0 Å². The highest BCUT2D eigenvalue weighted by Gasteiger charge is 2.36. The molecular weight excluding hydrogens is 214 g/mol. The largest absolute Gasteiger partial charge is 0.459 e. The van der Waals surface area contributed by atoms with Crippen LogP contribution in [-0.4, -0.2) is 23.7 Å². The summed E-state index contributed by atoms with van der Waals surface area (Å²) in [5.74, 6) is -0.153. The third kappa shape index (κ3) is 4.30. The minimum atomic E-state index is -0.405. The van der Waals surface area contributed by atoms with Crippen LogP contribution in [0, 0.1) is 5.41 Å². The summed E-state index contributed by atoms with van der Waals surface area (Å²) < 4.78 is 5.38. The molecule has 0 aromatic heterocycles. The molecule has 100 valence electrons. The molecule has 1 N–H and O–H groups in total. The van der Waals surface area contributed by atoms with E-state index in [0.29, 0.717) is 6.04 Å². The van der Waals surface area contributed by atoms with Crippen LogP contribution in [-0.2, 0) is 9.53 Å². The molecule has 1 fully saturated rings. The Balaban J connectivity index is 2.49. The van der Waals surface area contributed by atoms with Gasteiger partial charge in [0.1, 0.15) is 11.6 Å². The van der Waals surface area contributed by atoms with Crippen LogP contribution in [0.3, 0.4) is 0 Å². The molecule has 2 unspecified atom stereocenters. The van der Waals surface area contributed by atoms with Gasteiger partial charge in [0.2, 0.25) is 0 Å². The maximum atomic E-state index is 11.9. The Morgan fingerprint density at radius 3 is 2.41 bits per heavy atom. The molecule has 17 heavy (non-hydrogen) atoms. The highest BCUT2D eigenvalue weighted by atomic mass is 16.6. The van der Waals surface area contributed by atoms with Gasteiger partial charge >= 0.3 is 5.97 Å². The predicted octanol–water partition coefficient (Wildman–Crippen LogP) is 2.88. The van der Waals surface area contributed by atoms with Gasteiger partial charge in [0.05, 0.1) is 0 Å². The van der Waals surface area contributed by atoms with Crippen molar-refractivity contribution < 1.29 is 9.53 Å². The van der Waals surface area contributed by atoms with E-state index in [2.05, 4.69) is 19.2 Å². The summed E-state index contributed by atoms with van der Waals surface area (Å²) in [7, 11) is 0. The second-order valence-electron chi connectivity index (χ2n) is 6.86. The zero-order chi connectivity index (χ0) is 13.3. The summed E-state index contributed by atoms with van der Waals surface area (Å²) in [4.78, 5) is 11.9. The van der Waals surface area contributed by atoms with Gasteiger partial charge in [0, 0.05) is 6.04 Å². The van der Waals surface area contributed by atoms with E-state index in [4.69, 9.17) is 4.74 Å². The number of carbonyl (C=O) groups excluding carboxylic acids is 1. The summed E-state index contributed by atoms with van der Waals surface area (Å²) in [6, 6.07) is 0.196. The molecule has 1 aliphatic rings. The van der Waals surface area contributed by atoms with Crippen molar-refractivity contribution in [3.63, 3.8) is 0 Å². The van der Waals surface area contributed by atoms with E-state index in [0.717, 1.165) is 6.42 Å². The summed E-state index contributed by atoms with van der Waals surface area (Å²) in [5, 5.41) is 3.42. The summed E-state index contributed by atoms with van der Waals surface area (Å²) >= 11 is 0. The molecule has 3 heteroatoms. The molecule has 0 amide bonds. The van der Waals surface area contributed by atoms with Crippen LogP contribution in [0.2, 0.25) is 0 Å². The van der Waals surface area contributed by atoms with Crippen LogP contribution in [0.25, 0.3) is 0 Å². The van der Waals surface area contributed by atoms with Crippen LogP contribution < -0.4 is 5.32 Å². The van der Waals surface area contributed by atoms with Gasteiger partial charge in [-0.3, -0.25) is 4.79 Å². The fourth-order valence-corrected chi connectivity index (χ4v) is 2.40.